The van der Waals surface area contributed by atoms with Crippen LogP contribution in [-0.2, 0) is 6.42 Å². The first-order valence-electron chi connectivity index (χ1n) is 9.30. The average molecular weight is 405 g/mol. The second-order valence-electron chi connectivity index (χ2n) is 6.96. The average Bonchev–Trinajstić information content (AvgIpc) is 3.12. The molecule has 0 amide bonds. The van der Waals surface area contributed by atoms with Crippen molar-refractivity contribution < 1.29 is 14.2 Å². The molecule has 2 aromatic carbocycles. The normalized spacial score (nSPS) is 12.3. The second kappa shape index (κ2) is 7.55. The number of nitrogens with zero attached hydrogens (tertiary/aromatic N) is 4. The molecular formula is C22H20FN5O2. The minimum absolute atomic E-state index is 0.0192. The largest absolute Gasteiger partial charge is 0.512 e. The Kier molecular flexibility index (Phi) is 4.91. The molecule has 152 valence electrons. The molecule has 0 bridgehead atoms. The van der Waals surface area contributed by atoms with Crippen LogP contribution in [0.4, 0.5) is 4.39 Å². The predicted molar refractivity (Wildman–Crippen MR) is 113 cm³/mol. The van der Waals surface area contributed by atoms with Gasteiger partial charge in [0.2, 0.25) is 0 Å². The molecule has 8 heteroatoms. The first kappa shape index (κ1) is 19.5. The van der Waals surface area contributed by atoms with Crippen molar-refractivity contribution in [2.24, 2.45) is 0 Å². The molecule has 30 heavy (non-hydrogen) atoms. The smallest absolute Gasteiger partial charge is 0.179 e. The number of aromatic nitrogens is 4. The van der Waals surface area contributed by atoms with Crippen LogP contribution in [0, 0.1) is 11.2 Å². The summed E-state index contributed by atoms with van der Waals surface area (Å²) < 4.78 is 21.5. The van der Waals surface area contributed by atoms with Crippen molar-refractivity contribution >= 4 is 28.0 Å². The number of hydrogen-bond acceptors (Lipinski definition) is 6. The fraction of sp³-hybridized carbons (Fsp3) is 0.182. The molecule has 2 aromatic heterocycles. The van der Waals surface area contributed by atoms with Gasteiger partial charge in [-0.2, -0.15) is 0 Å². The van der Waals surface area contributed by atoms with Crippen molar-refractivity contribution in [1.29, 1.82) is 5.41 Å². The lowest BCUT2D eigenvalue weighted by Crippen LogP contribution is -2.04. The first-order chi connectivity index (χ1) is 14.4. The number of rotatable bonds is 5. The van der Waals surface area contributed by atoms with E-state index in [1.165, 1.54) is 20.1 Å². The Balaban J connectivity index is 1.96. The maximum absolute atomic E-state index is 14.2. The first-order valence-corrected chi connectivity index (χ1v) is 9.30. The Labute approximate surface area is 172 Å². The number of benzene rings is 2. The monoisotopic (exact) mass is 405 g/mol. The lowest BCUT2D eigenvalue weighted by molar-refractivity contribution is 0.409. The molecule has 0 atom stereocenters. The zero-order valence-corrected chi connectivity index (χ0v) is 16.8. The van der Waals surface area contributed by atoms with Crippen molar-refractivity contribution in [3.63, 3.8) is 0 Å². The van der Waals surface area contributed by atoms with Gasteiger partial charge in [-0.3, -0.25) is 9.38 Å². The van der Waals surface area contributed by atoms with Crippen LogP contribution in [0.1, 0.15) is 30.8 Å². The summed E-state index contributed by atoms with van der Waals surface area (Å²) in [6.45, 7) is 3.13. The zero-order valence-electron chi connectivity index (χ0n) is 16.8. The molecule has 0 aliphatic rings. The Hall–Kier alpha value is -3.81. The third-order valence-electron chi connectivity index (χ3n) is 4.92. The van der Waals surface area contributed by atoms with E-state index < -0.39 is 0 Å². The second-order valence-corrected chi connectivity index (χ2v) is 6.96. The summed E-state index contributed by atoms with van der Waals surface area (Å²) in [5.41, 5.74) is 3.48. The van der Waals surface area contributed by atoms with E-state index >= 15 is 0 Å². The standard InChI is InChI=1S/C22H20FN5O2/c1-12(24)22(13(2)29)15-9-17-18(10-19(15)30-3)28-20(26-27-21(28)11-25-17)8-14-6-4-5-7-16(14)23/h4-7,9-11,24,29H,8H2,1-3H3/b22-13+,24-12?. The molecule has 4 rings (SSSR count). The zero-order chi connectivity index (χ0) is 21.4. The van der Waals surface area contributed by atoms with E-state index in [1.807, 2.05) is 4.40 Å². The Morgan fingerprint density at radius 2 is 1.97 bits per heavy atom. The number of nitrogens with one attached hydrogen (secondary N) is 1. The number of allylic oxidation sites excluding steroid dienone is 2. The van der Waals surface area contributed by atoms with Crippen molar-refractivity contribution in [3.05, 3.63) is 71.1 Å². The van der Waals surface area contributed by atoms with Crippen LogP contribution in [0.2, 0.25) is 0 Å². The molecule has 0 fully saturated rings. The van der Waals surface area contributed by atoms with Crippen molar-refractivity contribution in [1.82, 2.24) is 19.6 Å². The van der Waals surface area contributed by atoms with E-state index in [2.05, 4.69) is 15.2 Å². The minimum atomic E-state index is -0.304. The van der Waals surface area contributed by atoms with Crippen molar-refractivity contribution in [3.8, 4) is 5.75 Å². The van der Waals surface area contributed by atoms with Crippen molar-refractivity contribution in [2.45, 2.75) is 20.3 Å². The molecule has 2 N–H and O–H groups in total. The lowest BCUT2D eigenvalue weighted by atomic mass is 9.99. The molecule has 0 saturated heterocycles. The van der Waals surface area contributed by atoms with Crippen LogP contribution in [0.3, 0.4) is 0 Å². The maximum Gasteiger partial charge on any atom is 0.179 e. The highest BCUT2D eigenvalue weighted by molar-refractivity contribution is 6.22. The third-order valence-corrected chi connectivity index (χ3v) is 4.92. The summed E-state index contributed by atoms with van der Waals surface area (Å²) >= 11 is 0. The van der Waals surface area contributed by atoms with Gasteiger partial charge in [0.15, 0.2) is 5.65 Å². The number of ether oxygens (including phenoxy) is 1. The lowest BCUT2D eigenvalue weighted by Gasteiger charge is -2.14. The number of halogens is 1. The summed E-state index contributed by atoms with van der Waals surface area (Å²) in [5.74, 6) is 0.750. The van der Waals surface area contributed by atoms with Gasteiger partial charge in [-0.25, -0.2) is 4.39 Å². The molecular weight excluding hydrogens is 385 g/mol. The van der Waals surface area contributed by atoms with Crippen LogP contribution in [-0.4, -0.2) is 37.5 Å². The van der Waals surface area contributed by atoms with E-state index in [0.717, 1.165) is 0 Å². The van der Waals surface area contributed by atoms with Gasteiger partial charge in [-0.15, -0.1) is 10.2 Å². The maximum atomic E-state index is 14.2. The third kappa shape index (κ3) is 3.26. The molecule has 7 nitrogen and oxygen atoms in total. The molecule has 0 aliphatic carbocycles. The number of fused-ring (bicyclic) bond motifs is 3. The molecule has 4 aromatic rings. The quantitative estimate of drug-likeness (QED) is 0.380. The van der Waals surface area contributed by atoms with E-state index in [-0.39, 0.29) is 23.7 Å². The predicted octanol–water partition coefficient (Wildman–Crippen LogP) is 4.34. The Morgan fingerprint density at radius 3 is 2.63 bits per heavy atom. The van der Waals surface area contributed by atoms with Gasteiger partial charge in [0.25, 0.3) is 0 Å². The summed E-state index contributed by atoms with van der Waals surface area (Å²) in [5, 5.41) is 26.5. The van der Waals surface area contributed by atoms with Crippen molar-refractivity contribution in [2.75, 3.05) is 7.11 Å². The summed E-state index contributed by atoms with van der Waals surface area (Å²) in [4.78, 5) is 4.46. The van der Waals surface area contributed by atoms with Gasteiger partial charge < -0.3 is 15.3 Å². The van der Waals surface area contributed by atoms with Crippen LogP contribution in [0.25, 0.3) is 22.3 Å². The molecule has 0 radical (unpaired) electrons. The molecule has 0 spiro atoms. The van der Waals surface area contributed by atoms with Crippen LogP contribution >= 0.6 is 0 Å². The van der Waals surface area contributed by atoms with Crippen LogP contribution in [0.5, 0.6) is 5.75 Å². The van der Waals surface area contributed by atoms with E-state index in [9.17, 15) is 9.50 Å². The summed E-state index contributed by atoms with van der Waals surface area (Å²) in [6.07, 6.45) is 1.85. The molecule has 0 aliphatic heterocycles. The topological polar surface area (TPSA) is 96.4 Å². The summed E-state index contributed by atoms with van der Waals surface area (Å²) in [7, 11) is 1.52. The highest BCUT2D eigenvalue weighted by Gasteiger charge is 2.19. The van der Waals surface area contributed by atoms with E-state index in [1.54, 1.807) is 43.5 Å². The van der Waals surface area contributed by atoms with Gasteiger partial charge in [0.1, 0.15) is 17.4 Å². The molecule has 2 heterocycles. The highest BCUT2D eigenvalue weighted by Crippen LogP contribution is 2.33. The molecule has 0 saturated carbocycles. The van der Waals surface area contributed by atoms with Gasteiger partial charge in [0, 0.05) is 29.3 Å². The van der Waals surface area contributed by atoms with E-state index in [0.29, 0.717) is 45.0 Å². The highest BCUT2D eigenvalue weighted by atomic mass is 19.1. The van der Waals surface area contributed by atoms with E-state index in [4.69, 9.17) is 10.1 Å². The number of methoxy groups -OCH3 is 1. The number of hydrogen-bond donors (Lipinski definition) is 2. The summed E-state index contributed by atoms with van der Waals surface area (Å²) in [6, 6.07) is 10.1. The molecule has 0 unspecified atom stereocenters. The number of aliphatic hydroxyl groups excluding tert-OH is 1. The van der Waals surface area contributed by atoms with Gasteiger partial charge in [-0.1, -0.05) is 18.2 Å². The fourth-order valence-electron chi connectivity index (χ4n) is 3.60. The van der Waals surface area contributed by atoms with Crippen LogP contribution < -0.4 is 4.74 Å². The van der Waals surface area contributed by atoms with Crippen LogP contribution in [0.15, 0.2) is 48.4 Å². The van der Waals surface area contributed by atoms with Gasteiger partial charge in [-0.05, 0) is 31.5 Å². The minimum Gasteiger partial charge on any atom is -0.512 e. The Bertz CT molecular complexity index is 1320. The number of aliphatic hydroxyl groups is 1. The van der Waals surface area contributed by atoms with Gasteiger partial charge in [0.05, 0.1) is 30.1 Å². The van der Waals surface area contributed by atoms with Gasteiger partial charge >= 0.3 is 0 Å². The SMILES string of the molecule is COc1cc2c(cc1/C(C(C)=N)=C(\C)O)ncc1nnc(Cc3ccccc3F)n12. The Morgan fingerprint density at radius 1 is 1.20 bits per heavy atom. The fourth-order valence-corrected chi connectivity index (χ4v) is 3.60.